The molecule has 0 atom stereocenters. The highest BCUT2D eigenvalue weighted by Crippen LogP contribution is 2.30. The van der Waals surface area contributed by atoms with E-state index >= 15 is 0 Å². The second-order valence-corrected chi connectivity index (χ2v) is 8.37. The molecule has 0 saturated carbocycles. The Kier molecular flexibility index (Phi) is 11.6. The zero-order chi connectivity index (χ0) is 27.0. The Morgan fingerprint density at radius 2 is 0.895 bits per heavy atom. The minimum absolute atomic E-state index is 0.542. The van der Waals surface area contributed by atoms with Gasteiger partial charge in [-0.15, -0.1) is 0 Å². The molecule has 0 saturated heterocycles. The molecule has 0 aliphatic rings. The van der Waals surface area contributed by atoms with Gasteiger partial charge in [0.1, 0.15) is 13.2 Å². The van der Waals surface area contributed by atoms with Crippen LogP contribution in [0.1, 0.15) is 36.1 Å². The summed E-state index contributed by atoms with van der Waals surface area (Å²) < 4.78 is 22.3. The van der Waals surface area contributed by atoms with E-state index in [-0.39, 0.29) is 0 Å². The lowest BCUT2D eigenvalue weighted by molar-refractivity contribution is 0.284. The van der Waals surface area contributed by atoms with E-state index in [1.54, 1.807) is 14.2 Å². The fraction of sp³-hybridized carbons (Fsp3) is 0.176. The topological polar surface area (TPSA) is 36.9 Å². The molecule has 4 nitrogen and oxygen atoms in total. The molecule has 4 aromatic carbocycles. The molecule has 0 amide bonds. The quantitative estimate of drug-likeness (QED) is 0.215. The molecule has 4 rings (SSSR count). The van der Waals surface area contributed by atoms with Crippen LogP contribution < -0.4 is 18.9 Å². The van der Waals surface area contributed by atoms with Crippen LogP contribution in [0.5, 0.6) is 23.0 Å². The number of hydrogen-bond acceptors (Lipinski definition) is 4. The first-order valence-corrected chi connectivity index (χ1v) is 12.6. The Morgan fingerprint density at radius 1 is 0.500 bits per heavy atom. The van der Waals surface area contributed by atoms with Gasteiger partial charge >= 0.3 is 0 Å². The number of ether oxygens (including phenoxy) is 4. The van der Waals surface area contributed by atoms with Crippen molar-refractivity contribution in [2.75, 3.05) is 14.2 Å². The Hall–Kier alpha value is -4.44. The Morgan fingerprint density at radius 3 is 1.24 bits per heavy atom. The maximum absolute atomic E-state index is 5.80. The van der Waals surface area contributed by atoms with Crippen LogP contribution >= 0.6 is 0 Å². The third kappa shape index (κ3) is 8.90. The minimum Gasteiger partial charge on any atom is -0.493 e. The molecule has 4 aromatic rings. The fourth-order valence-electron chi connectivity index (χ4n) is 3.67. The van der Waals surface area contributed by atoms with E-state index in [0.717, 1.165) is 45.3 Å². The molecule has 0 unspecified atom stereocenters. The van der Waals surface area contributed by atoms with Crippen molar-refractivity contribution in [1.29, 1.82) is 0 Å². The predicted molar refractivity (Wildman–Crippen MR) is 157 cm³/mol. The van der Waals surface area contributed by atoms with Crippen LogP contribution in [0.3, 0.4) is 0 Å². The molecule has 0 radical (unpaired) electrons. The second kappa shape index (κ2) is 15.6. The SMILES string of the molecule is CC=Cc1ccc(OCc2ccccc2)c(OC)c1.CC=Cc1ccc(OCc2ccccc2)c(OC)c1. The highest BCUT2D eigenvalue weighted by Gasteiger charge is 2.06. The lowest BCUT2D eigenvalue weighted by Gasteiger charge is -2.11. The van der Waals surface area contributed by atoms with Crippen LogP contribution in [0.15, 0.2) is 109 Å². The van der Waals surface area contributed by atoms with Crippen LogP contribution in [0.25, 0.3) is 12.2 Å². The summed E-state index contributed by atoms with van der Waals surface area (Å²) in [4.78, 5) is 0. The highest BCUT2D eigenvalue weighted by molar-refractivity contribution is 5.56. The van der Waals surface area contributed by atoms with Crippen molar-refractivity contribution in [3.05, 3.63) is 131 Å². The van der Waals surface area contributed by atoms with Gasteiger partial charge in [0.15, 0.2) is 23.0 Å². The molecule has 0 heterocycles. The third-order valence-electron chi connectivity index (χ3n) is 5.57. The fourth-order valence-corrected chi connectivity index (χ4v) is 3.67. The van der Waals surface area contributed by atoms with E-state index in [0.29, 0.717) is 13.2 Å². The van der Waals surface area contributed by atoms with Gasteiger partial charge in [0, 0.05) is 0 Å². The molecule has 0 aromatic heterocycles. The van der Waals surface area contributed by atoms with E-state index in [9.17, 15) is 0 Å². The molecule has 0 aliphatic heterocycles. The molecule has 196 valence electrons. The first-order chi connectivity index (χ1) is 18.7. The van der Waals surface area contributed by atoms with E-state index in [2.05, 4.69) is 0 Å². The Bertz CT molecular complexity index is 1190. The summed E-state index contributed by atoms with van der Waals surface area (Å²) in [6.07, 6.45) is 8.06. The van der Waals surface area contributed by atoms with Crippen molar-refractivity contribution in [3.63, 3.8) is 0 Å². The van der Waals surface area contributed by atoms with Gasteiger partial charge in [-0.25, -0.2) is 0 Å². The zero-order valence-electron chi connectivity index (χ0n) is 22.6. The summed E-state index contributed by atoms with van der Waals surface area (Å²) in [7, 11) is 3.31. The van der Waals surface area contributed by atoms with Gasteiger partial charge in [-0.3, -0.25) is 0 Å². The number of methoxy groups -OCH3 is 2. The normalized spacial score (nSPS) is 10.6. The second-order valence-electron chi connectivity index (χ2n) is 8.37. The van der Waals surface area contributed by atoms with Crippen LogP contribution in [-0.4, -0.2) is 14.2 Å². The average Bonchev–Trinajstić information content (AvgIpc) is 2.97. The Labute approximate surface area is 226 Å². The molecule has 0 spiro atoms. The molecular formula is C34H36O4. The highest BCUT2D eigenvalue weighted by atomic mass is 16.5. The Balaban J connectivity index is 0.000000211. The first-order valence-electron chi connectivity index (χ1n) is 12.6. The van der Waals surface area contributed by atoms with E-state index in [4.69, 9.17) is 18.9 Å². The van der Waals surface area contributed by atoms with Crippen molar-refractivity contribution < 1.29 is 18.9 Å². The molecule has 0 bridgehead atoms. The van der Waals surface area contributed by atoms with Crippen molar-refractivity contribution in [2.24, 2.45) is 0 Å². The maximum atomic E-state index is 5.80. The molecule has 38 heavy (non-hydrogen) atoms. The van der Waals surface area contributed by atoms with Crippen LogP contribution in [0.2, 0.25) is 0 Å². The zero-order valence-corrected chi connectivity index (χ0v) is 22.6. The molecule has 0 aliphatic carbocycles. The van der Waals surface area contributed by atoms with Crippen molar-refractivity contribution in [3.8, 4) is 23.0 Å². The summed E-state index contributed by atoms with van der Waals surface area (Å²) in [6.45, 7) is 5.07. The van der Waals surface area contributed by atoms with Gasteiger partial charge in [-0.1, -0.05) is 97.1 Å². The largest absolute Gasteiger partial charge is 0.493 e. The summed E-state index contributed by atoms with van der Waals surface area (Å²) in [5.41, 5.74) is 4.49. The lowest BCUT2D eigenvalue weighted by Crippen LogP contribution is -1.97. The predicted octanol–water partition coefficient (Wildman–Crippen LogP) is 8.61. The summed E-state index contributed by atoms with van der Waals surface area (Å²) in [5, 5.41) is 0. The van der Waals surface area contributed by atoms with Gasteiger partial charge in [-0.05, 0) is 60.4 Å². The minimum atomic E-state index is 0.542. The van der Waals surface area contributed by atoms with Crippen LogP contribution in [0, 0.1) is 0 Å². The van der Waals surface area contributed by atoms with Crippen molar-refractivity contribution >= 4 is 12.2 Å². The van der Waals surface area contributed by atoms with Gasteiger partial charge in [0.25, 0.3) is 0 Å². The number of allylic oxidation sites excluding steroid dienone is 2. The van der Waals surface area contributed by atoms with Gasteiger partial charge in [0.05, 0.1) is 14.2 Å². The first kappa shape index (κ1) is 28.1. The van der Waals surface area contributed by atoms with Crippen molar-refractivity contribution in [1.82, 2.24) is 0 Å². The summed E-state index contributed by atoms with van der Waals surface area (Å²) in [5.74, 6) is 3.04. The third-order valence-corrected chi connectivity index (χ3v) is 5.57. The van der Waals surface area contributed by atoms with Crippen LogP contribution in [-0.2, 0) is 13.2 Å². The number of rotatable bonds is 10. The van der Waals surface area contributed by atoms with E-state index in [1.165, 1.54) is 0 Å². The summed E-state index contributed by atoms with van der Waals surface area (Å²) in [6, 6.07) is 32.0. The lowest BCUT2D eigenvalue weighted by atomic mass is 10.2. The van der Waals surface area contributed by atoms with E-state index < -0.39 is 0 Å². The molecule has 4 heteroatoms. The molecule has 0 N–H and O–H groups in total. The van der Waals surface area contributed by atoms with E-state index in [1.807, 2.05) is 135 Å². The summed E-state index contributed by atoms with van der Waals surface area (Å²) >= 11 is 0. The number of hydrogen-bond donors (Lipinski definition) is 0. The number of benzene rings is 4. The molecule has 0 fully saturated rings. The van der Waals surface area contributed by atoms with Crippen LogP contribution in [0.4, 0.5) is 0 Å². The van der Waals surface area contributed by atoms with Gasteiger partial charge in [-0.2, -0.15) is 0 Å². The monoisotopic (exact) mass is 508 g/mol. The van der Waals surface area contributed by atoms with Gasteiger partial charge < -0.3 is 18.9 Å². The molecular weight excluding hydrogens is 472 g/mol. The smallest absolute Gasteiger partial charge is 0.161 e. The average molecular weight is 509 g/mol. The maximum Gasteiger partial charge on any atom is 0.161 e. The van der Waals surface area contributed by atoms with Crippen molar-refractivity contribution in [2.45, 2.75) is 27.1 Å². The standard InChI is InChI=1S/2C17H18O2/c2*1-3-7-14-10-11-16(17(12-14)18-2)19-13-15-8-5-4-6-9-15/h2*3-12H,13H2,1-2H3. The van der Waals surface area contributed by atoms with Gasteiger partial charge in [0.2, 0.25) is 0 Å².